The first-order chi connectivity index (χ1) is 20.4. The van der Waals surface area contributed by atoms with Gasteiger partial charge in [0, 0.05) is 37.5 Å². The number of aryl methyl sites for hydroxylation is 1. The van der Waals surface area contributed by atoms with E-state index in [2.05, 4.69) is 20.9 Å². The number of amides is 1. The van der Waals surface area contributed by atoms with Crippen LogP contribution in [0.5, 0.6) is 5.75 Å². The zero-order chi connectivity index (χ0) is 29.0. The molecule has 1 aliphatic carbocycles. The topological polar surface area (TPSA) is 146 Å². The van der Waals surface area contributed by atoms with Crippen LogP contribution in [0, 0.1) is 5.92 Å². The smallest absolute Gasteiger partial charge is 0.253 e. The number of nitrogens with one attached hydrogen (secondary N) is 1. The average molecular weight is 574 g/mol. The molecule has 12 heteroatoms. The normalized spacial score (nSPS) is 18.3. The van der Waals surface area contributed by atoms with E-state index >= 15 is 0 Å². The molecule has 1 aliphatic heterocycles. The molecule has 0 radical (unpaired) electrons. The van der Waals surface area contributed by atoms with Crippen LogP contribution in [0.3, 0.4) is 0 Å². The predicted octanol–water partition coefficient (Wildman–Crippen LogP) is 3.61. The quantitative estimate of drug-likeness (QED) is 0.230. The minimum absolute atomic E-state index is 0.00923. The molecule has 218 valence electrons. The number of nitrogens with zero attached hydrogens (tertiary/aromatic N) is 5. The number of oxazole rings is 1. The maximum atomic E-state index is 13.2. The van der Waals surface area contributed by atoms with Crippen LogP contribution in [0.25, 0.3) is 33.6 Å². The van der Waals surface area contributed by atoms with Crippen LogP contribution in [-0.4, -0.2) is 61.0 Å². The summed E-state index contributed by atoms with van der Waals surface area (Å²) in [6, 6.07) is 9.10. The van der Waals surface area contributed by atoms with Crippen LogP contribution >= 0.6 is 0 Å². The lowest BCUT2D eigenvalue weighted by Crippen LogP contribution is -2.38. The molecule has 0 spiro atoms. The lowest BCUT2D eigenvalue weighted by atomic mass is 9.90. The van der Waals surface area contributed by atoms with Gasteiger partial charge in [-0.25, -0.2) is 19.3 Å². The van der Waals surface area contributed by atoms with Crippen molar-refractivity contribution in [3.63, 3.8) is 0 Å². The molecule has 42 heavy (non-hydrogen) atoms. The minimum Gasteiger partial charge on any atom is -0.488 e. The van der Waals surface area contributed by atoms with E-state index in [9.17, 15) is 14.3 Å². The number of hydrogen-bond donors (Lipinski definition) is 3. The maximum Gasteiger partial charge on any atom is 0.253 e. The molecule has 5 heterocycles. The van der Waals surface area contributed by atoms with Crippen LogP contribution < -0.4 is 15.8 Å². The van der Waals surface area contributed by atoms with Gasteiger partial charge >= 0.3 is 0 Å². The molecule has 1 unspecified atom stereocenters. The summed E-state index contributed by atoms with van der Waals surface area (Å²) in [5.74, 6) is 1.86. The molecule has 1 fully saturated rings. The van der Waals surface area contributed by atoms with Crippen molar-refractivity contribution < 1.29 is 23.4 Å². The van der Waals surface area contributed by atoms with E-state index in [1.807, 2.05) is 29.8 Å². The van der Waals surface area contributed by atoms with Crippen LogP contribution in [0.1, 0.15) is 53.1 Å². The van der Waals surface area contributed by atoms with Crippen molar-refractivity contribution in [2.75, 3.05) is 19.8 Å². The maximum absolute atomic E-state index is 13.2. The number of alkyl halides is 1. The second kappa shape index (κ2) is 10.5. The summed E-state index contributed by atoms with van der Waals surface area (Å²) in [5, 5.41) is 14.4. The number of rotatable bonds is 10. The molecule has 11 nitrogen and oxygen atoms in total. The van der Waals surface area contributed by atoms with Gasteiger partial charge in [0.25, 0.3) is 5.91 Å². The fourth-order valence-electron chi connectivity index (χ4n) is 5.86. The van der Waals surface area contributed by atoms with Crippen LogP contribution in [0.2, 0.25) is 0 Å². The highest BCUT2D eigenvalue weighted by Gasteiger charge is 2.31. The number of pyridine rings is 1. The molecule has 1 aromatic carbocycles. The Morgan fingerprint density at radius 2 is 2.14 bits per heavy atom. The molecule has 0 saturated heterocycles. The molecule has 5 aromatic rings. The van der Waals surface area contributed by atoms with Crippen LogP contribution in [0.15, 0.2) is 47.3 Å². The monoisotopic (exact) mass is 573 g/mol. The van der Waals surface area contributed by atoms with Gasteiger partial charge in [-0.05, 0) is 43.4 Å². The van der Waals surface area contributed by atoms with Gasteiger partial charge in [0.1, 0.15) is 30.7 Å². The van der Waals surface area contributed by atoms with Crippen molar-refractivity contribution in [2.45, 2.75) is 43.9 Å². The summed E-state index contributed by atoms with van der Waals surface area (Å²) in [7, 11) is 1.92. The largest absolute Gasteiger partial charge is 0.488 e. The number of aliphatic hydroxyl groups excluding tert-OH is 1. The Labute approximate surface area is 240 Å². The number of ether oxygens (including phenoxy) is 1. The van der Waals surface area contributed by atoms with Gasteiger partial charge < -0.3 is 34.4 Å². The number of para-hydroxylation sites is 1. The van der Waals surface area contributed by atoms with Gasteiger partial charge in [-0.15, -0.1) is 0 Å². The number of imidazole rings is 1. The molecule has 7 rings (SSSR count). The third kappa shape index (κ3) is 4.70. The van der Waals surface area contributed by atoms with E-state index in [4.69, 9.17) is 24.9 Å². The number of carbonyl (C=O) groups is 1. The summed E-state index contributed by atoms with van der Waals surface area (Å²) in [5.41, 5.74) is 10.1. The van der Waals surface area contributed by atoms with Crippen molar-refractivity contribution in [2.24, 2.45) is 18.7 Å². The average Bonchev–Trinajstić information content (AvgIpc) is 3.36. The van der Waals surface area contributed by atoms with Gasteiger partial charge in [0.05, 0.1) is 28.7 Å². The number of hydrogen-bond acceptors (Lipinski definition) is 8. The number of fused-ring (bicyclic) bond motifs is 3. The number of aromatic nitrogens is 5. The van der Waals surface area contributed by atoms with Crippen molar-refractivity contribution in [1.82, 2.24) is 29.4 Å². The lowest BCUT2D eigenvalue weighted by Gasteiger charge is -2.26. The predicted molar refractivity (Wildman–Crippen MR) is 153 cm³/mol. The van der Waals surface area contributed by atoms with Gasteiger partial charge in [0.15, 0.2) is 23.6 Å². The summed E-state index contributed by atoms with van der Waals surface area (Å²) in [4.78, 5) is 26.5. The van der Waals surface area contributed by atoms with E-state index in [1.165, 1.54) is 12.6 Å². The third-order valence-corrected chi connectivity index (χ3v) is 8.23. The van der Waals surface area contributed by atoms with Gasteiger partial charge in [-0.2, -0.15) is 0 Å². The molecule has 3 atom stereocenters. The van der Waals surface area contributed by atoms with E-state index in [0.717, 1.165) is 36.0 Å². The van der Waals surface area contributed by atoms with E-state index < -0.39 is 18.8 Å². The highest BCUT2D eigenvalue weighted by molar-refractivity contribution is 5.99. The number of aliphatic hydroxyl groups is 1. The van der Waals surface area contributed by atoms with E-state index in [1.54, 1.807) is 6.07 Å². The summed E-state index contributed by atoms with van der Waals surface area (Å²) >= 11 is 0. The van der Waals surface area contributed by atoms with Crippen LogP contribution in [0.4, 0.5) is 4.39 Å². The number of carbonyl (C=O) groups excluding carboxylic acids is 1. The minimum atomic E-state index is -0.952. The molecule has 1 amide bonds. The molecular weight excluding hydrogens is 541 g/mol. The van der Waals surface area contributed by atoms with Crippen molar-refractivity contribution in [3.8, 4) is 17.3 Å². The third-order valence-electron chi connectivity index (χ3n) is 8.23. The zero-order valence-electron chi connectivity index (χ0n) is 23.2. The van der Waals surface area contributed by atoms with E-state index in [-0.39, 0.29) is 18.4 Å². The Morgan fingerprint density at radius 3 is 2.90 bits per heavy atom. The molecule has 0 bridgehead atoms. The molecule has 1 saturated carbocycles. The zero-order valence-corrected chi connectivity index (χ0v) is 23.2. The first-order valence-electron chi connectivity index (χ1n) is 14.2. The lowest BCUT2D eigenvalue weighted by molar-refractivity contribution is 0.0894. The fourth-order valence-corrected chi connectivity index (χ4v) is 5.86. The Bertz CT molecular complexity index is 1780. The Hall–Kier alpha value is -4.29. The highest BCUT2D eigenvalue weighted by Crippen LogP contribution is 2.39. The fraction of sp³-hybridized carbons (Fsp3) is 0.400. The molecule has 2 aliphatic rings. The number of benzene rings is 1. The molecule has 4 aromatic heterocycles. The van der Waals surface area contributed by atoms with Crippen molar-refractivity contribution in [1.29, 1.82) is 0 Å². The first-order valence-corrected chi connectivity index (χ1v) is 14.2. The Morgan fingerprint density at radius 1 is 1.29 bits per heavy atom. The SMILES string of the molecule is Cn1c(-c2cc3cccc(OC[C@H](O)c4cnco4)c3n2CC2CC2)nc2cc3c(nc21)C(C[C@H](N)CF)CNC3=O. The first kappa shape index (κ1) is 26.6. The van der Waals surface area contributed by atoms with Gasteiger partial charge in [-0.3, -0.25) is 4.79 Å². The van der Waals surface area contributed by atoms with E-state index in [0.29, 0.717) is 58.6 Å². The molecular formula is C30H32FN7O4. The van der Waals surface area contributed by atoms with Gasteiger partial charge in [0.2, 0.25) is 0 Å². The number of nitrogens with two attached hydrogens (primary N) is 1. The standard InChI is InChI=1S/C30H32FN7O4/c1-37-28-21(9-20-26(36-28)18(7-19(32)10-31)11-34-30(20)40)35-29(37)22-8-17-3-2-4-24(27(17)38(22)13-16-5-6-16)41-14-23(39)25-12-33-15-42-25/h2-4,8-9,12,15-16,18-19,23,39H,5-7,10-11,13-14,32H2,1H3,(H,34,40)/t18?,19-,23-/m0/s1. The summed E-state index contributed by atoms with van der Waals surface area (Å²) in [6.07, 6.45) is 4.49. The van der Waals surface area contributed by atoms with Gasteiger partial charge in [-0.1, -0.05) is 12.1 Å². The number of halogens is 1. The van der Waals surface area contributed by atoms with Crippen molar-refractivity contribution in [3.05, 3.63) is 59.9 Å². The van der Waals surface area contributed by atoms with Crippen molar-refractivity contribution >= 4 is 28.0 Å². The Balaban J connectivity index is 1.31. The van der Waals surface area contributed by atoms with Crippen LogP contribution in [-0.2, 0) is 13.6 Å². The summed E-state index contributed by atoms with van der Waals surface area (Å²) in [6.45, 7) is 0.540. The second-order valence-corrected chi connectivity index (χ2v) is 11.3. The summed E-state index contributed by atoms with van der Waals surface area (Å²) < 4.78 is 28.8. The molecule has 4 N–H and O–H groups in total. The second-order valence-electron chi connectivity index (χ2n) is 11.3. The Kier molecular flexibility index (Phi) is 6.66. The highest BCUT2D eigenvalue weighted by atomic mass is 19.1.